The molecule has 0 saturated heterocycles. The Hall–Kier alpha value is -2.37. The van der Waals surface area contributed by atoms with E-state index in [0.717, 1.165) is 17.8 Å². The molecule has 6 nitrogen and oxygen atoms in total. The van der Waals surface area contributed by atoms with E-state index in [2.05, 4.69) is 25.8 Å². The lowest BCUT2D eigenvalue weighted by molar-refractivity contribution is 0.0946. The summed E-state index contributed by atoms with van der Waals surface area (Å²) in [6, 6.07) is 3.53. The number of rotatable bonds is 5. The molecule has 2 aromatic heterocycles. The van der Waals surface area contributed by atoms with E-state index in [0.29, 0.717) is 12.2 Å². The number of nitrogens with zero attached hydrogens (tertiary/aromatic N) is 2. The summed E-state index contributed by atoms with van der Waals surface area (Å²) in [6.07, 6.45) is 5.06. The standard InChI is InChI=1S/C12H15N5O/c1-2-13-10-3-4-11(14-8-10)12(18)15-5-9-6-16-17-7-9/h3-4,6-8,13H,2,5H2,1H3,(H,15,18)(H,16,17). The van der Waals surface area contributed by atoms with Gasteiger partial charge in [0, 0.05) is 24.8 Å². The third-order valence-electron chi connectivity index (χ3n) is 2.38. The van der Waals surface area contributed by atoms with Gasteiger partial charge in [0.05, 0.1) is 18.1 Å². The van der Waals surface area contributed by atoms with Crippen molar-refractivity contribution in [2.75, 3.05) is 11.9 Å². The number of H-pyrrole nitrogens is 1. The molecule has 0 aliphatic heterocycles. The van der Waals surface area contributed by atoms with Gasteiger partial charge in [-0.15, -0.1) is 0 Å². The second-order valence-electron chi connectivity index (χ2n) is 3.75. The summed E-state index contributed by atoms with van der Waals surface area (Å²) in [6.45, 7) is 3.27. The van der Waals surface area contributed by atoms with Crippen molar-refractivity contribution in [2.45, 2.75) is 13.5 Å². The summed E-state index contributed by atoms with van der Waals surface area (Å²) in [5, 5.41) is 12.4. The molecule has 0 aromatic carbocycles. The molecule has 0 saturated carbocycles. The van der Waals surface area contributed by atoms with Crippen molar-refractivity contribution in [3.63, 3.8) is 0 Å². The maximum atomic E-state index is 11.8. The zero-order chi connectivity index (χ0) is 12.8. The first-order valence-electron chi connectivity index (χ1n) is 5.75. The van der Waals surface area contributed by atoms with Crippen molar-refractivity contribution in [1.82, 2.24) is 20.5 Å². The van der Waals surface area contributed by atoms with Crippen LogP contribution in [0.15, 0.2) is 30.7 Å². The summed E-state index contributed by atoms with van der Waals surface area (Å²) in [5.74, 6) is -0.195. The van der Waals surface area contributed by atoms with Gasteiger partial charge in [-0.1, -0.05) is 0 Å². The average molecular weight is 245 g/mol. The summed E-state index contributed by atoms with van der Waals surface area (Å²) in [4.78, 5) is 15.9. The van der Waals surface area contributed by atoms with Crippen molar-refractivity contribution < 1.29 is 4.79 Å². The van der Waals surface area contributed by atoms with E-state index in [1.165, 1.54) is 0 Å². The second-order valence-corrected chi connectivity index (χ2v) is 3.75. The molecule has 0 aliphatic rings. The molecule has 0 bridgehead atoms. The molecule has 0 radical (unpaired) electrons. The summed E-state index contributed by atoms with van der Waals surface area (Å²) in [5.41, 5.74) is 2.23. The summed E-state index contributed by atoms with van der Waals surface area (Å²) in [7, 11) is 0. The number of amides is 1. The molecule has 0 aliphatic carbocycles. The van der Waals surface area contributed by atoms with Gasteiger partial charge in [-0.2, -0.15) is 5.10 Å². The molecule has 3 N–H and O–H groups in total. The zero-order valence-electron chi connectivity index (χ0n) is 10.1. The Morgan fingerprint density at radius 3 is 2.89 bits per heavy atom. The molecule has 1 amide bonds. The fourth-order valence-corrected chi connectivity index (χ4v) is 1.48. The smallest absolute Gasteiger partial charge is 0.270 e. The minimum absolute atomic E-state index is 0.195. The van der Waals surface area contributed by atoms with Crippen molar-refractivity contribution in [1.29, 1.82) is 0 Å². The van der Waals surface area contributed by atoms with Crippen LogP contribution in [0, 0.1) is 0 Å². The van der Waals surface area contributed by atoms with Crippen LogP contribution in [0.5, 0.6) is 0 Å². The number of carbonyl (C=O) groups is 1. The highest BCUT2D eigenvalue weighted by atomic mass is 16.1. The summed E-state index contributed by atoms with van der Waals surface area (Å²) >= 11 is 0. The van der Waals surface area contributed by atoms with Crippen LogP contribution in [-0.2, 0) is 6.54 Å². The van der Waals surface area contributed by atoms with Crippen LogP contribution in [0.25, 0.3) is 0 Å². The zero-order valence-corrected chi connectivity index (χ0v) is 10.1. The van der Waals surface area contributed by atoms with Gasteiger partial charge in [-0.05, 0) is 19.1 Å². The first-order chi connectivity index (χ1) is 8.79. The van der Waals surface area contributed by atoms with Crippen molar-refractivity contribution in [3.05, 3.63) is 42.0 Å². The molecular formula is C12H15N5O. The van der Waals surface area contributed by atoms with Gasteiger partial charge in [0.2, 0.25) is 0 Å². The Balaban J connectivity index is 1.92. The SMILES string of the molecule is CCNc1ccc(C(=O)NCc2cn[nH]c2)nc1. The highest BCUT2D eigenvalue weighted by Gasteiger charge is 2.06. The van der Waals surface area contributed by atoms with Crippen molar-refractivity contribution >= 4 is 11.6 Å². The Kier molecular flexibility index (Phi) is 3.90. The van der Waals surface area contributed by atoms with Gasteiger partial charge < -0.3 is 10.6 Å². The highest BCUT2D eigenvalue weighted by Crippen LogP contribution is 2.05. The Labute approximate surface area is 105 Å². The third-order valence-corrected chi connectivity index (χ3v) is 2.38. The monoisotopic (exact) mass is 245 g/mol. The van der Waals surface area contributed by atoms with Crippen LogP contribution in [0.3, 0.4) is 0 Å². The minimum Gasteiger partial charge on any atom is -0.384 e. The van der Waals surface area contributed by atoms with E-state index in [1.807, 2.05) is 13.0 Å². The first-order valence-corrected chi connectivity index (χ1v) is 5.75. The first kappa shape index (κ1) is 12.1. The molecule has 2 aromatic rings. The minimum atomic E-state index is -0.195. The van der Waals surface area contributed by atoms with Gasteiger partial charge in [0.1, 0.15) is 5.69 Å². The maximum Gasteiger partial charge on any atom is 0.270 e. The lowest BCUT2D eigenvalue weighted by Crippen LogP contribution is -2.23. The van der Waals surface area contributed by atoms with Crippen molar-refractivity contribution in [3.8, 4) is 0 Å². The van der Waals surface area contributed by atoms with Crippen LogP contribution in [0.1, 0.15) is 23.0 Å². The molecule has 0 fully saturated rings. The van der Waals surface area contributed by atoms with E-state index in [-0.39, 0.29) is 5.91 Å². The van der Waals surface area contributed by atoms with Gasteiger partial charge in [-0.3, -0.25) is 9.89 Å². The molecule has 94 valence electrons. The predicted octanol–water partition coefficient (Wildman–Crippen LogP) is 1.17. The van der Waals surface area contributed by atoms with Crippen LogP contribution >= 0.6 is 0 Å². The number of carbonyl (C=O) groups excluding carboxylic acids is 1. The van der Waals surface area contributed by atoms with E-state index in [1.54, 1.807) is 24.7 Å². The van der Waals surface area contributed by atoms with Gasteiger partial charge in [0.15, 0.2) is 0 Å². The molecular weight excluding hydrogens is 230 g/mol. The number of pyridine rings is 1. The molecule has 0 spiro atoms. The topological polar surface area (TPSA) is 82.7 Å². The predicted molar refractivity (Wildman–Crippen MR) is 68.2 cm³/mol. The van der Waals surface area contributed by atoms with E-state index >= 15 is 0 Å². The normalized spacial score (nSPS) is 10.1. The molecule has 2 rings (SSSR count). The Morgan fingerprint density at radius 1 is 1.39 bits per heavy atom. The lowest BCUT2D eigenvalue weighted by Gasteiger charge is -2.05. The number of hydrogen-bond donors (Lipinski definition) is 3. The van der Waals surface area contributed by atoms with Gasteiger partial charge >= 0.3 is 0 Å². The molecule has 18 heavy (non-hydrogen) atoms. The van der Waals surface area contributed by atoms with Crippen molar-refractivity contribution in [2.24, 2.45) is 0 Å². The van der Waals surface area contributed by atoms with E-state index in [4.69, 9.17) is 0 Å². The number of aromatic nitrogens is 3. The lowest BCUT2D eigenvalue weighted by atomic mass is 10.3. The molecule has 6 heteroatoms. The number of anilines is 1. The highest BCUT2D eigenvalue weighted by molar-refractivity contribution is 5.92. The largest absolute Gasteiger partial charge is 0.384 e. The fourth-order valence-electron chi connectivity index (χ4n) is 1.48. The Morgan fingerprint density at radius 2 is 2.28 bits per heavy atom. The molecule has 0 atom stereocenters. The third kappa shape index (κ3) is 3.07. The quantitative estimate of drug-likeness (QED) is 0.738. The van der Waals surface area contributed by atoms with Crippen LogP contribution < -0.4 is 10.6 Å². The number of hydrogen-bond acceptors (Lipinski definition) is 4. The maximum absolute atomic E-state index is 11.8. The number of nitrogens with one attached hydrogen (secondary N) is 3. The van der Waals surface area contributed by atoms with E-state index in [9.17, 15) is 4.79 Å². The molecule has 0 unspecified atom stereocenters. The van der Waals surface area contributed by atoms with Crippen LogP contribution in [0.4, 0.5) is 5.69 Å². The summed E-state index contributed by atoms with van der Waals surface area (Å²) < 4.78 is 0. The average Bonchev–Trinajstić information content (AvgIpc) is 2.90. The van der Waals surface area contributed by atoms with Crippen LogP contribution in [-0.4, -0.2) is 27.6 Å². The van der Waals surface area contributed by atoms with Gasteiger partial charge in [0.25, 0.3) is 5.91 Å². The number of aromatic amines is 1. The van der Waals surface area contributed by atoms with Gasteiger partial charge in [-0.25, -0.2) is 4.98 Å². The fraction of sp³-hybridized carbons (Fsp3) is 0.250. The second kappa shape index (κ2) is 5.81. The Bertz CT molecular complexity index is 492. The van der Waals surface area contributed by atoms with E-state index < -0.39 is 0 Å². The van der Waals surface area contributed by atoms with Crippen LogP contribution in [0.2, 0.25) is 0 Å². The molecule has 2 heterocycles.